The number of nitrogens with zero attached hydrogens (tertiary/aromatic N) is 2. The molecule has 1 rings (SSSR count). The summed E-state index contributed by atoms with van der Waals surface area (Å²) in [6, 6.07) is 0. The van der Waals surface area contributed by atoms with Gasteiger partial charge in [-0.3, -0.25) is 0 Å². The molecule has 0 saturated carbocycles. The molecule has 20 heavy (non-hydrogen) atoms. The molecule has 0 spiro atoms. The minimum atomic E-state index is -0.0360. The zero-order chi connectivity index (χ0) is 15.1. The number of anilines is 2. The first kappa shape index (κ1) is 16.6. The predicted octanol–water partition coefficient (Wildman–Crippen LogP) is 1.27. The van der Waals surface area contributed by atoms with Crippen molar-refractivity contribution < 1.29 is 9.47 Å². The van der Waals surface area contributed by atoms with Crippen molar-refractivity contribution in [2.45, 2.75) is 32.8 Å². The van der Waals surface area contributed by atoms with Crippen LogP contribution in [0.1, 0.15) is 31.2 Å². The third-order valence-electron chi connectivity index (χ3n) is 3.00. The van der Waals surface area contributed by atoms with Gasteiger partial charge in [-0.15, -0.1) is 0 Å². The van der Waals surface area contributed by atoms with Crippen molar-refractivity contribution >= 4 is 11.6 Å². The SMILES string of the molecule is COCC(CNc1nc(C(C)C)nc(NN)c1C)OC. The minimum absolute atomic E-state index is 0.0360. The maximum absolute atomic E-state index is 5.51. The zero-order valence-corrected chi connectivity index (χ0v) is 12.9. The molecule has 1 aromatic rings. The highest BCUT2D eigenvalue weighted by molar-refractivity contribution is 5.56. The van der Waals surface area contributed by atoms with Crippen molar-refractivity contribution in [1.82, 2.24) is 9.97 Å². The van der Waals surface area contributed by atoms with E-state index >= 15 is 0 Å². The number of ether oxygens (including phenoxy) is 2. The van der Waals surface area contributed by atoms with Crippen molar-refractivity contribution in [2.24, 2.45) is 5.84 Å². The van der Waals surface area contributed by atoms with Crippen molar-refractivity contribution in [1.29, 1.82) is 0 Å². The third kappa shape index (κ3) is 4.29. The number of methoxy groups -OCH3 is 2. The Morgan fingerprint density at radius 3 is 2.35 bits per heavy atom. The van der Waals surface area contributed by atoms with Gasteiger partial charge in [0.15, 0.2) is 0 Å². The summed E-state index contributed by atoms with van der Waals surface area (Å²) in [5.74, 6) is 7.86. The molecule has 0 radical (unpaired) electrons. The molecule has 7 nitrogen and oxygen atoms in total. The lowest BCUT2D eigenvalue weighted by Gasteiger charge is -2.18. The lowest BCUT2D eigenvalue weighted by atomic mass is 10.2. The third-order valence-corrected chi connectivity index (χ3v) is 3.00. The van der Waals surface area contributed by atoms with Crippen molar-refractivity contribution in [3.63, 3.8) is 0 Å². The van der Waals surface area contributed by atoms with E-state index in [4.69, 9.17) is 15.3 Å². The van der Waals surface area contributed by atoms with Gasteiger partial charge in [0.2, 0.25) is 0 Å². The van der Waals surface area contributed by atoms with Crippen molar-refractivity contribution in [3.8, 4) is 0 Å². The number of hydrazine groups is 1. The molecule has 1 atom stereocenters. The molecule has 0 aromatic carbocycles. The molecule has 7 heteroatoms. The monoisotopic (exact) mass is 283 g/mol. The number of nitrogen functional groups attached to an aromatic ring is 1. The number of hydrogen-bond donors (Lipinski definition) is 3. The highest BCUT2D eigenvalue weighted by Crippen LogP contribution is 2.22. The Labute approximate surface area is 120 Å². The van der Waals surface area contributed by atoms with Gasteiger partial charge < -0.3 is 20.2 Å². The number of nitrogens with one attached hydrogen (secondary N) is 2. The van der Waals surface area contributed by atoms with Gasteiger partial charge in [-0.05, 0) is 6.92 Å². The van der Waals surface area contributed by atoms with Crippen molar-refractivity contribution in [3.05, 3.63) is 11.4 Å². The maximum Gasteiger partial charge on any atom is 0.148 e. The van der Waals surface area contributed by atoms with E-state index in [0.717, 1.165) is 17.2 Å². The topological polar surface area (TPSA) is 94.3 Å². The molecule has 1 unspecified atom stereocenters. The molecule has 114 valence electrons. The number of rotatable bonds is 8. The average molecular weight is 283 g/mol. The second kappa shape index (κ2) is 7.98. The Hall–Kier alpha value is -1.44. The first-order valence-electron chi connectivity index (χ1n) is 6.64. The fraction of sp³-hybridized carbons (Fsp3) is 0.692. The fourth-order valence-corrected chi connectivity index (χ4v) is 1.71. The molecule has 0 fully saturated rings. The Morgan fingerprint density at radius 1 is 1.20 bits per heavy atom. The van der Waals surface area contributed by atoms with Crippen LogP contribution in [0.25, 0.3) is 0 Å². The minimum Gasteiger partial charge on any atom is -0.382 e. The van der Waals surface area contributed by atoms with Crippen LogP contribution in [0.3, 0.4) is 0 Å². The predicted molar refractivity (Wildman–Crippen MR) is 79.8 cm³/mol. The Balaban J connectivity index is 2.90. The Bertz CT molecular complexity index is 425. The lowest BCUT2D eigenvalue weighted by Crippen LogP contribution is -2.27. The maximum atomic E-state index is 5.51. The molecule has 0 amide bonds. The molecule has 1 aromatic heterocycles. The van der Waals surface area contributed by atoms with Crippen LogP contribution in [-0.4, -0.2) is 43.4 Å². The van der Waals surface area contributed by atoms with Crippen LogP contribution in [0, 0.1) is 6.92 Å². The summed E-state index contributed by atoms with van der Waals surface area (Å²) in [4.78, 5) is 8.92. The molecular formula is C13H25N5O2. The molecule has 0 aliphatic rings. The molecule has 1 heterocycles. The van der Waals surface area contributed by atoms with Gasteiger partial charge in [0.05, 0.1) is 12.7 Å². The van der Waals surface area contributed by atoms with E-state index in [1.807, 2.05) is 20.8 Å². The van der Waals surface area contributed by atoms with E-state index in [2.05, 4.69) is 20.7 Å². The molecule has 4 N–H and O–H groups in total. The van der Waals surface area contributed by atoms with Crippen LogP contribution in [0.4, 0.5) is 11.6 Å². The second-order valence-corrected chi connectivity index (χ2v) is 4.90. The first-order chi connectivity index (χ1) is 9.53. The average Bonchev–Trinajstić information content (AvgIpc) is 2.44. The molecule has 0 aliphatic carbocycles. The zero-order valence-electron chi connectivity index (χ0n) is 12.9. The summed E-state index contributed by atoms with van der Waals surface area (Å²) in [7, 11) is 3.31. The summed E-state index contributed by atoms with van der Waals surface area (Å²) in [6.07, 6.45) is -0.0360. The van der Waals surface area contributed by atoms with Gasteiger partial charge in [-0.25, -0.2) is 15.8 Å². The molecular weight excluding hydrogens is 258 g/mol. The van der Waals surface area contributed by atoms with Gasteiger partial charge in [0.25, 0.3) is 0 Å². The Morgan fingerprint density at radius 2 is 1.85 bits per heavy atom. The summed E-state index contributed by atoms with van der Waals surface area (Å²) in [6.45, 7) is 7.12. The standard InChI is InChI=1S/C13H25N5O2/c1-8(2)11-16-12(9(3)13(17-11)18-14)15-6-10(20-5)7-19-4/h8,10H,6-7,14H2,1-5H3,(H2,15,16,17,18). The van der Waals surface area contributed by atoms with Crippen LogP contribution in [0.15, 0.2) is 0 Å². The van der Waals surface area contributed by atoms with Gasteiger partial charge in [0, 0.05) is 32.2 Å². The van der Waals surface area contributed by atoms with E-state index in [1.54, 1.807) is 14.2 Å². The van der Waals surface area contributed by atoms with Gasteiger partial charge in [-0.2, -0.15) is 0 Å². The second-order valence-electron chi connectivity index (χ2n) is 4.90. The van der Waals surface area contributed by atoms with Gasteiger partial charge in [-0.1, -0.05) is 13.8 Å². The summed E-state index contributed by atoms with van der Waals surface area (Å²) in [5.41, 5.74) is 3.49. The highest BCUT2D eigenvalue weighted by Gasteiger charge is 2.14. The van der Waals surface area contributed by atoms with Crippen LogP contribution in [0.5, 0.6) is 0 Å². The molecule has 0 bridgehead atoms. The van der Waals surface area contributed by atoms with E-state index in [-0.39, 0.29) is 12.0 Å². The highest BCUT2D eigenvalue weighted by atomic mass is 16.5. The van der Waals surface area contributed by atoms with E-state index in [9.17, 15) is 0 Å². The van der Waals surface area contributed by atoms with E-state index < -0.39 is 0 Å². The largest absolute Gasteiger partial charge is 0.382 e. The number of aromatic nitrogens is 2. The molecule has 0 aliphatic heterocycles. The lowest BCUT2D eigenvalue weighted by molar-refractivity contribution is 0.0365. The van der Waals surface area contributed by atoms with E-state index in [1.165, 1.54) is 0 Å². The van der Waals surface area contributed by atoms with Crippen molar-refractivity contribution in [2.75, 3.05) is 38.1 Å². The van der Waals surface area contributed by atoms with E-state index in [0.29, 0.717) is 19.0 Å². The van der Waals surface area contributed by atoms with Gasteiger partial charge >= 0.3 is 0 Å². The van der Waals surface area contributed by atoms with Crippen LogP contribution in [-0.2, 0) is 9.47 Å². The quantitative estimate of drug-likeness (QED) is 0.488. The number of hydrogen-bond acceptors (Lipinski definition) is 7. The molecule has 0 saturated heterocycles. The first-order valence-corrected chi connectivity index (χ1v) is 6.64. The smallest absolute Gasteiger partial charge is 0.148 e. The number of nitrogens with two attached hydrogens (primary N) is 1. The van der Waals surface area contributed by atoms with Gasteiger partial charge in [0.1, 0.15) is 17.5 Å². The Kier molecular flexibility index (Phi) is 6.63. The van der Waals surface area contributed by atoms with Crippen LogP contribution in [0.2, 0.25) is 0 Å². The summed E-state index contributed by atoms with van der Waals surface area (Å²) in [5, 5.41) is 3.27. The summed E-state index contributed by atoms with van der Waals surface area (Å²) >= 11 is 0. The normalized spacial score (nSPS) is 12.6. The fourth-order valence-electron chi connectivity index (χ4n) is 1.71. The summed E-state index contributed by atoms with van der Waals surface area (Å²) < 4.78 is 10.4. The van der Waals surface area contributed by atoms with Crippen LogP contribution < -0.4 is 16.6 Å². The van der Waals surface area contributed by atoms with Crippen LogP contribution >= 0.6 is 0 Å².